The maximum absolute atomic E-state index is 13.1. The van der Waals surface area contributed by atoms with E-state index in [4.69, 9.17) is 0 Å². The average Bonchev–Trinajstić information content (AvgIpc) is 3.03. The predicted octanol–water partition coefficient (Wildman–Crippen LogP) is 1.94. The summed E-state index contributed by atoms with van der Waals surface area (Å²) >= 11 is 0. The Morgan fingerprint density at radius 3 is 2.33 bits per heavy atom. The van der Waals surface area contributed by atoms with Crippen LogP contribution < -0.4 is 10.2 Å². The summed E-state index contributed by atoms with van der Waals surface area (Å²) in [5.74, 6) is -0.902. The summed E-state index contributed by atoms with van der Waals surface area (Å²) < 4.78 is 13.1. The average molecular weight is 375 g/mol. The summed E-state index contributed by atoms with van der Waals surface area (Å²) in [6.07, 6.45) is 1.46. The van der Waals surface area contributed by atoms with E-state index in [0.29, 0.717) is 38.2 Å². The van der Waals surface area contributed by atoms with E-state index in [9.17, 15) is 18.8 Å². The van der Waals surface area contributed by atoms with E-state index in [1.54, 1.807) is 21.9 Å². The van der Waals surface area contributed by atoms with Crippen LogP contribution in [0.1, 0.15) is 33.1 Å². The van der Waals surface area contributed by atoms with E-state index in [0.717, 1.165) is 0 Å². The first-order chi connectivity index (χ1) is 12.8. The molecule has 0 aliphatic carbocycles. The van der Waals surface area contributed by atoms with Crippen molar-refractivity contribution in [1.29, 1.82) is 0 Å². The highest BCUT2D eigenvalue weighted by atomic mass is 19.1. The maximum Gasteiger partial charge on any atom is 0.228 e. The quantitative estimate of drug-likeness (QED) is 0.874. The van der Waals surface area contributed by atoms with E-state index >= 15 is 0 Å². The van der Waals surface area contributed by atoms with Crippen LogP contribution in [0.2, 0.25) is 0 Å². The van der Waals surface area contributed by atoms with Crippen LogP contribution in [0.3, 0.4) is 0 Å². The zero-order chi connectivity index (χ0) is 19.6. The Morgan fingerprint density at radius 2 is 1.74 bits per heavy atom. The summed E-state index contributed by atoms with van der Waals surface area (Å²) in [7, 11) is 0. The SMILES string of the molecule is CC(C)NC(=O)C1CCN(C(=O)[C@@H]2CC(=O)N(c3ccc(F)cc3)C2)CC1. The molecule has 3 rings (SSSR count). The van der Waals surface area contributed by atoms with Gasteiger partial charge in [0.05, 0.1) is 5.92 Å². The topological polar surface area (TPSA) is 69.7 Å². The Labute approximate surface area is 158 Å². The standard InChI is InChI=1S/C20H26FN3O3/c1-13(2)22-19(26)14-7-9-23(10-8-14)20(27)15-11-18(25)24(12-15)17-5-3-16(21)4-6-17/h3-6,13-15H,7-12H2,1-2H3,(H,22,26)/t15-/m1/s1. The zero-order valence-corrected chi connectivity index (χ0v) is 15.8. The maximum atomic E-state index is 13.1. The summed E-state index contributed by atoms with van der Waals surface area (Å²) in [4.78, 5) is 40.6. The first-order valence-electron chi connectivity index (χ1n) is 9.50. The van der Waals surface area contributed by atoms with Gasteiger partial charge in [0.15, 0.2) is 0 Å². The Kier molecular flexibility index (Phi) is 5.77. The van der Waals surface area contributed by atoms with Gasteiger partial charge in [0.2, 0.25) is 17.7 Å². The molecule has 7 heteroatoms. The van der Waals surface area contributed by atoms with Gasteiger partial charge in [-0.2, -0.15) is 0 Å². The van der Waals surface area contributed by atoms with E-state index < -0.39 is 0 Å². The second-order valence-electron chi connectivity index (χ2n) is 7.64. The Balaban J connectivity index is 1.55. The number of carbonyl (C=O) groups is 3. The van der Waals surface area contributed by atoms with Crippen LogP contribution in [-0.2, 0) is 14.4 Å². The molecule has 1 N–H and O–H groups in total. The number of hydrogen-bond acceptors (Lipinski definition) is 3. The molecule has 2 saturated heterocycles. The molecule has 0 spiro atoms. The molecule has 0 unspecified atom stereocenters. The van der Waals surface area contributed by atoms with Gasteiger partial charge < -0.3 is 15.1 Å². The molecule has 0 radical (unpaired) electrons. The Hall–Kier alpha value is -2.44. The minimum atomic E-state index is -0.386. The molecule has 146 valence electrons. The smallest absolute Gasteiger partial charge is 0.228 e. The minimum Gasteiger partial charge on any atom is -0.354 e. The van der Waals surface area contributed by atoms with Crippen molar-refractivity contribution in [2.75, 3.05) is 24.5 Å². The van der Waals surface area contributed by atoms with Crippen molar-refractivity contribution in [2.24, 2.45) is 11.8 Å². The molecule has 0 bridgehead atoms. The normalized spacial score (nSPS) is 21.0. The number of halogens is 1. The van der Waals surface area contributed by atoms with Gasteiger partial charge >= 0.3 is 0 Å². The third-order valence-electron chi connectivity index (χ3n) is 5.22. The fourth-order valence-corrected chi connectivity index (χ4v) is 3.77. The van der Waals surface area contributed by atoms with Crippen LogP contribution in [-0.4, -0.2) is 48.3 Å². The van der Waals surface area contributed by atoms with Crippen LogP contribution in [0, 0.1) is 17.7 Å². The lowest BCUT2D eigenvalue weighted by atomic mass is 9.94. The highest BCUT2D eigenvalue weighted by molar-refractivity contribution is 6.00. The summed E-state index contributed by atoms with van der Waals surface area (Å²) in [6.45, 7) is 5.25. The molecular weight excluding hydrogens is 349 g/mol. The fourth-order valence-electron chi connectivity index (χ4n) is 3.77. The predicted molar refractivity (Wildman–Crippen MR) is 99.4 cm³/mol. The molecule has 2 aliphatic rings. The van der Waals surface area contributed by atoms with Crippen molar-refractivity contribution < 1.29 is 18.8 Å². The monoisotopic (exact) mass is 375 g/mol. The molecule has 3 amide bonds. The molecule has 0 saturated carbocycles. The van der Waals surface area contributed by atoms with Gasteiger partial charge in [-0.15, -0.1) is 0 Å². The number of benzene rings is 1. The Morgan fingerprint density at radius 1 is 1.11 bits per heavy atom. The lowest BCUT2D eigenvalue weighted by Gasteiger charge is -2.33. The number of hydrogen-bond donors (Lipinski definition) is 1. The molecular formula is C20H26FN3O3. The number of likely N-dealkylation sites (tertiary alicyclic amines) is 1. The van der Waals surface area contributed by atoms with Crippen LogP contribution in [0.5, 0.6) is 0 Å². The molecule has 0 aromatic heterocycles. The van der Waals surface area contributed by atoms with E-state index in [2.05, 4.69) is 5.32 Å². The first kappa shape index (κ1) is 19.3. The van der Waals surface area contributed by atoms with Crippen LogP contribution in [0.4, 0.5) is 10.1 Å². The van der Waals surface area contributed by atoms with Gasteiger partial charge in [-0.25, -0.2) is 4.39 Å². The highest BCUT2D eigenvalue weighted by Gasteiger charge is 2.38. The minimum absolute atomic E-state index is 0.0318. The van der Waals surface area contributed by atoms with Gasteiger partial charge in [0.25, 0.3) is 0 Å². The summed E-state index contributed by atoms with van der Waals surface area (Å²) in [6, 6.07) is 5.84. The van der Waals surface area contributed by atoms with Gasteiger partial charge in [-0.3, -0.25) is 14.4 Å². The van der Waals surface area contributed by atoms with Crippen LogP contribution in [0.15, 0.2) is 24.3 Å². The van der Waals surface area contributed by atoms with Gasteiger partial charge in [-0.1, -0.05) is 0 Å². The fraction of sp³-hybridized carbons (Fsp3) is 0.550. The number of piperidine rings is 1. The highest BCUT2D eigenvalue weighted by Crippen LogP contribution is 2.28. The molecule has 2 heterocycles. The van der Waals surface area contributed by atoms with E-state index in [1.165, 1.54) is 12.1 Å². The number of nitrogens with zero attached hydrogens (tertiary/aromatic N) is 2. The van der Waals surface area contributed by atoms with Crippen molar-refractivity contribution in [2.45, 2.75) is 39.2 Å². The van der Waals surface area contributed by atoms with Gasteiger partial charge in [0.1, 0.15) is 5.82 Å². The second-order valence-corrected chi connectivity index (χ2v) is 7.64. The van der Waals surface area contributed by atoms with E-state index in [1.807, 2.05) is 13.8 Å². The van der Waals surface area contributed by atoms with E-state index in [-0.39, 0.29) is 47.8 Å². The first-order valence-corrected chi connectivity index (χ1v) is 9.50. The van der Waals surface area contributed by atoms with Crippen molar-refractivity contribution >= 4 is 23.4 Å². The lowest BCUT2D eigenvalue weighted by molar-refractivity contribution is -0.139. The number of nitrogens with one attached hydrogen (secondary N) is 1. The van der Waals surface area contributed by atoms with Crippen LogP contribution >= 0.6 is 0 Å². The third kappa shape index (κ3) is 4.46. The number of amides is 3. The molecule has 2 aliphatic heterocycles. The number of anilines is 1. The zero-order valence-electron chi connectivity index (χ0n) is 15.8. The largest absolute Gasteiger partial charge is 0.354 e. The summed E-state index contributed by atoms with van der Waals surface area (Å²) in [5.41, 5.74) is 0.612. The molecule has 1 aromatic rings. The Bertz CT molecular complexity index is 712. The molecule has 6 nitrogen and oxygen atoms in total. The van der Waals surface area contributed by atoms with Crippen molar-refractivity contribution in [3.05, 3.63) is 30.1 Å². The molecule has 1 atom stereocenters. The summed E-state index contributed by atoms with van der Waals surface area (Å²) in [5, 5.41) is 2.92. The molecule has 1 aromatic carbocycles. The van der Waals surface area contributed by atoms with Crippen molar-refractivity contribution in [3.8, 4) is 0 Å². The van der Waals surface area contributed by atoms with Crippen molar-refractivity contribution in [3.63, 3.8) is 0 Å². The third-order valence-corrected chi connectivity index (χ3v) is 5.22. The van der Waals surface area contributed by atoms with Crippen LogP contribution in [0.25, 0.3) is 0 Å². The number of rotatable bonds is 4. The second kappa shape index (κ2) is 8.06. The van der Waals surface area contributed by atoms with Crippen molar-refractivity contribution in [1.82, 2.24) is 10.2 Å². The number of carbonyl (C=O) groups excluding carboxylic acids is 3. The van der Waals surface area contributed by atoms with Gasteiger partial charge in [-0.05, 0) is 51.0 Å². The lowest BCUT2D eigenvalue weighted by Crippen LogP contribution is -2.46. The molecule has 27 heavy (non-hydrogen) atoms. The van der Waals surface area contributed by atoms with Gasteiger partial charge in [0, 0.05) is 43.7 Å². The molecule has 2 fully saturated rings.